The van der Waals surface area contributed by atoms with Gasteiger partial charge in [0, 0.05) is 49.7 Å². The van der Waals surface area contributed by atoms with Crippen molar-refractivity contribution in [3.05, 3.63) is 65.9 Å². The standard InChI is InChI=1S/C24H26N4O5/c1-16(15-31-2)32-20-12-18(23(29)26-22-8-9-25-27-22)13-21(14-20)33-19-6-4-17(5-7-19)24(30)28-10-3-11-28/h4-9,12-14,16H,3,10-11,15H2,1-2H3,(H2,25,26,27,29)/t16-/m0/s1. The summed E-state index contributed by atoms with van der Waals surface area (Å²) in [6, 6.07) is 13.6. The van der Waals surface area contributed by atoms with Crippen molar-refractivity contribution in [3.63, 3.8) is 0 Å². The van der Waals surface area contributed by atoms with E-state index in [9.17, 15) is 9.59 Å². The number of nitrogens with one attached hydrogen (secondary N) is 2. The Balaban J connectivity index is 1.53. The van der Waals surface area contributed by atoms with Gasteiger partial charge >= 0.3 is 0 Å². The highest BCUT2D eigenvalue weighted by molar-refractivity contribution is 6.04. The summed E-state index contributed by atoms with van der Waals surface area (Å²) in [5, 5.41) is 9.32. The molecule has 9 nitrogen and oxygen atoms in total. The molecule has 0 radical (unpaired) electrons. The number of anilines is 1. The van der Waals surface area contributed by atoms with Crippen molar-refractivity contribution in [2.24, 2.45) is 0 Å². The van der Waals surface area contributed by atoms with Crippen LogP contribution >= 0.6 is 0 Å². The monoisotopic (exact) mass is 450 g/mol. The van der Waals surface area contributed by atoms with Gasteiger partial charge in [-0.05, 0) is 49.7 Å². The summed E-state index contributed by atoms with van der Waals surface area (Å²) in [7, 11) is 1.60. The van der Waals surface area contributed by atoms with Crippen LogP contribution in [0.25, 0.3) is 0 Å². The van der Waals surface area contributed by atoms with Crippen LogP contribution in [0.4, 0.5) is 5.82 Å². The van der Waals surface area contributed by atoms with Crippen LogP contribution in [-0.2, 0) is 4.74 Å². The van der Waals surface area contributed by atoms with Crippen LogP contribution in [0.15, 0.2) is 54.7 Å². The third-order valence-corrected chi connectivity index (χ3v) is 5.10. The average molecular weight is 450 g/mol. The third-order valence-electron chi connectivity index (χ3n) is 5.10. The minimum absolute atomic E-state index is 0.0210. The van der Waals surface area contributed by atoms with Gasteiger partial charge in [-0.2, -0.15) is 5.10 Å². The molecule has 4 rings (SSSR count). The second kappa shape index (κ2) is 10.2. The molecular weight excluding hydrogens is 424 g/mol. The molecule has 2 N–H and O–H groups in total. The van der Waals surface area contributed by atoms with E-state index in [0.717, 1.165) is 19.5 Å². The zero-order chi connectivity index (χ0) is 23.2. The molecule has 0 spiro atoms. The molecule has 1 aromatic heterocycles. The molecule has 2 amide bonds. The summed E-state index contributed by atoms with van der Waals surface area (Å²) in [5.74, 6) is 1.50. The molecule has 0 unspecified atom stereocenters. The fraction of sp³-hybridized carbons (Fsp3) is 0.292. The number of ether oxygens (including phenoxy) is 3. The van der Waals surface area contributed by atoms with Gasteiger partial charge in [-0.15, -0.1) is 0 Å². The molecule has 1 saturated heterocycles. The maximum atomic E-state index is 12.8. The van der Waals surface area contributed by atoms with Crippen molar-refractivity contribution < 1.29 is 23.8 Å². The van der Waals surface area contributed by atoms with E-state index in [1.807, 2.05) is 11.8 Å². The van der Waals surface area contributed by atoms with Crippen molar-refractivity contribution >= 4 is 17.6 Å². The molecule has 0 saturated carbocycles. The van der Waals surface area contributed by atoms with Gasteiger partial charge in [0.1, 0.15) is 23.4 Å². The first-order valence-corrected chi connectivity index (χ1v) is 10.7. The number of hydrogen-bond donors (Lipinski definition) is 2. The third kappa shape index (κ3) is 5.69. The van der Waals surface area contributed by atoms with E-state index < -0.39 is 0 Å². The van der Waals surface area contributed by atoms with Crippen molar-refractivity contribution in [3.8, 4) is 17.2 Å². The quantitative estimate of drug-likeness (QED) is 0.515. The number of methoxy groups -OCH3 is 1. The Morgan fingerprint density at radius 2 is 1.82 bits per heavy atom. The highest BCUT2D eigenvalue weighted by Crippen LogP contribution is 2.29. The van der Waals surface area contributed by atoms with E-state index in [1.165, 1.54) is 0 Å². The number of carbonyl (C=O) groups is 2. The lowest BCUT2D eigenvalue weighted by atomic mass is 10.1. The molecule has 2 heterocycles. The predicted octanol–water partition coefficient (Wildman–Crippen LogP) is 3.71. The molecule has 1 aliphatic heterocycles. The predicted molar refractivity (Wildman–Crippen MR) is 122 cm³/mol. The highest BCUT2D eigenvalue weighted by Gasteiger charge is 2.21. The first kappa shape index (κ1) is 22.3. The van der Waals surface area contributed by atoms with Crippen LogP contribution in [0.5, 0.6) is 17.2 Å². The number of aromatic nitrogens is 2. The summed E-state index contributed by atoms with van der Waals surface area (Å²) in [6.07, 6.45) is 2.44. The summed E-state index contributed by atoms with van der Waals surface area (Å²) < 4.78 is 17.0. The summed E-state index contributed by atoms with van der Waals surface area (Å²) >= 11 is 0. The van der Waals surface area contributed by atoms with E-state index in [1.54, 1.807) is 61.8 Å². The lowest BCUT2D eigenvalue weighted by molar-refractivity contribution is 0.0651. The number of benzene rings is 2. The Hall–Kier alpha value is -3.85. The van der Waals surface area contributed by atoms with E-state index in [4.69, 9.17) is 14.2 Å². The zero-order valence-electron chi connectivity index (χ0n) is 18.5. The number of hydrogen-bond acceptors (Lipinski definition) is 6. The molecule has 0 aliphatic carbocycles. The average Bonchev–Trinajstić information content (AvgIpc) is 3.26. The molecule has 33 heavy (non-hydrogen) atoms. The van der Waals surface area contributed by atoms with Gasteiger partial charge in [0.2, 0.25) is 0 Å². The molecule has 1 fully saturated rings. The van der Waals surface area contributed by atoms with E-state index in [2.05, 4.69) is 15.5 Å². The maximum Gasteiger partial charge on any atom is 0.257 e. The molecule has 3 aromatic rings. The first-order chi connectivity index (χ1) is 16.0. The molecule has 9 heteroatoms. The van der Waals surface area contributed by atoms with Crippen LogP contribution in [0.2, 0.25) is 0 Å². The van der Waals surface area contributed by atoms with Crippen molar-refractivity contribution in [2.45, 2.75) is 19.4 Å². The van der Waals surface area contributed by atoms with Crippen molar-refractivity contribution in [2.75, 3.05) is 32.1 Å². The Morgan fingerprint density at radius 3 is 2.45 bits per heavy atom. The second-order valence-electron chi connectivity index (χ2n) is 7.76. The fourth-order valence-electron chi connectivity index (χ4n) is 3.35. The van der Waals surface area contributed by atoms with Crippen LogP contribution in [0, 0.1) is 0 Å². The van der Waals surface area contributed by atoms with E-state index in [-0.39, 0.29) is 17.9 Å². The molecule has 2 aromatic carbocycles. The van der Waals surface area contributed by atoms with Gasteiger partial charge in [-0.1, -0.05) is 0 Å². The minimum atomic E-state index is -0.354. The van der Waals surface area contributed by atoms with Crippen LogP contribution in [0.1, 0.15) is 34.1 Å². The second-order valence-corrected chi connectivity index (χ2v) is 7.76. The van der Waals surface area contributed by atoms with Gasteiger partial charge in [0.25, 0.3) is 11.8 Å². The van der Waals surface area contributed by atoms with E-state index in [0.29, 0.717) is 40.8 Å². The van der Waals surface area contributed by atoms with Crippen LogP contribution in [-0.4, -0.2) is 59.8 Å². The van der Waals surface area contributed by atoms with Gasteiger partial charge in [-0.25, -0.2) is 0 Å². The normalized spacial score (nSPS) is 13.7. The Morgan fingerprint density at radius 1 is 1.06 bits per heavy atom. The Labute approximate surface area is 191 Å². The number of H-pyrrole nitrogens is 1. The van der Waals surface area contributed by atoms with Gasteiger partial charge in [0.15, 0.2) is 5.82 Å². The largest absolute Gasteiger partial charge is 0.488 e. The molecular formula is C24H26N4O5. The number of amides is 2. The number of aromatic amines is 1. The fourth-order valence-corrected chi connectivity index (χ4v) is 3.35. The highest BCUT2D eigenvalue weighted by atomic mass is 16.5. The lowest BCUT2D eigenvalue weighted by Crippen LogP contribution is -2.41. The first-order valence-electron chi connectivity index (χ1n) is 10.7. The minimum Gasteiger partial charge on any atom is -0.488 e. The number of rotatable bonds is 9. The van der Waals surface area contributed by atoms with Gasteiger partial charge in [0.05, 0.1) is 6.61 Å². The summed E-state index contributed by atoms with van der Waals surface area (Å²) in [6.45, 7) is 3.86. The summed E-state index contributed by atoms with van der Waals surface area (Å²) in [5.41, 5.74) is 0.964. The number of carbonyl (C=O) groups excluding carboxylic acids is 2. The Kier molecular flexibility index (Phi) is 6.89. The molecule has 1 atom stereocenters. The van der Waals surface area contributed by atoms with Crippen molar-refractivity contribution in [1.82, 2.24) is 15.1 Å². The van der Waals surface area contributed by atoms with E-state index >= 15 is 0 Å². The van der Waals surface area contributed by atoms with Crippen LogP contribution < -0.4 is 14.8 Å². The Bertz CT molecular complexity index is 1090. The SMILES string of the molecule is COC[C@H](C)Oc1cc(Oc2ccc(C(=O)N3CCC3)cc2)cc(C(=O)Nc2cc[nH]n2)c1. The molecule has 0 bridgehead atoms. The molecule has 1 aliphatic rings. The maximum absolute atomic E-state index is 12.8. The smallest absolute Gasteiger partial charge is 0.257 e. The topological polar surface area (TPSA) is 106 Å². The van der Waals surface area contributed by atoms with Crippen LogP contribution in [0.3, 0.4) is 0 Å². The van der Waals surface area contributed by atoms with Gasteiger partial charge in [-0.3, -0.25) is 14.7 Å². The molecule has 172 valence electrons. The number of nitrogens with zero attached hydrogens (tertiary/aromatic N) is 2. The summed E-state index contributed by atoms with van der Waals surface area (Å²) in [4.78, 5) is 26.9. The zero-order valence-corrected chi connectivity index (χ0v) is 18.5. The van der Waals surface area contributed by atoms with Gasteiger partial charge < -0.3 is 24.4 Å². The van der Waals surface area contributed by atoms with Crippen molar-refractivity contribution in [1.29, 1.82) is 0 Å². The number of likely N-dealkylation sites (tertiary alicyclic amines) is 1. The lowest BCUT2D eigenvalue weighted by Gasteiger charge is -2.30.